The van der Waals surface area contributed by atoms with E-state index >= 15 is 0 Å². The normalized spacial score (nSPS) is 20.6. The average Bonchev–Trinajstić information content (AvgIpc) is 3.05. The third-order valence-electron chi connectivity index (χ3n) is 4.72. The van der Waals surface area contributed by atoms with Crippen LogP contribution in [0.4, 0.5) is 0 Å². The number of hydrogen-bond donors (Lipinski definition) is 1. The predicted molar refractivity (Wildman–Crippen MR) is 88.6 cm³/mol. The molecule has 1 unspecified atom stereocenters. The van der Waals surface area contributed by atoms with E-state index in [4.69, 9.17) is 0 Å². The summed E-state index contributed by atoms with van der Waals surface area (Å²) in [5.41, 5.74) is 1.74. The fourth-order valence-electron chi connectivity index (χ4n) is 3.31. The molecule has 0 bridgehead atoms. The first-order valence-corrected chi connectivity index (χ1v) is 8.44. The third-order valence-corrected chi connectivity index (χ3v) is 4.72. The smallest absolute Gasteiger partial charge is 0.254 e. The molecule has 120 valence electrons. The molecule has 1 aromatic heterocycles. The Morgan fingerprint density at radius 1 is 1.35 bits per heavy atom. The lowest BCUT2D eigenvalue weighted by Crippen LogP contribution is -2.42. The van der Waals surface area contributed by atoms with Crippen LogP contribution in [0.1, 0.15) is 36.0 Å². The molecular weight excluding hydrogens is 288 g/mol. The molecule has 1 saturated carbocycles. The Kier molecular flexibility index (Phi) is 3.87. The molecule has 1 aromatic carbocycles. The fraction of sp³-hybridized carbons (Fsp3) is 0.444. The van der Waals surface area contributed by atoms with Crippen LogP contribution < -0.4 is 5.32 Å². The summed E-state index contributed by atoms with van der Waals surface area (Å²) < 4.78 is 1.93. The van der Waals surface area contributed by atoms with Crippen molar-refractivity contribution in [3.63, 3.8) is 0 Å². The van der Waals surface area contributed by atoms with Crippen LogP contribution in [0.5, 0.6) is 0 Å². The van der Waals surface area contributed by atoms with Crippen LogP contribution in [0.25, 0.3) is 5.69 Å². The highest BCUT2D eigenvalue weighted by Gasteiger charge is 2.35. The Balaban J connectivity index is 1.55. The van der Waals surface area contributed by atoms with Crippen molar-refractivity contribution < 1.29 is 4.79 Å². The number of carbonyl (C=O) groups excluding carboxylic acids is 1. The molecule has 1 atom stereocenters. The fourth-order valence-corrected chi connectivity index (χ4v) is 3.31. The maximum atomic E-state index is 13.0. The Morgan fingerprint density at radius 3 is 2.96 bits per heavy atom. The van der Waals surface area contributed by atoms with Crippen LogP contribution in [-0.2, 0) is 0 Å². The summed E-state index contributed by atoms with van der Waals surface area (Å²) in [7, 11) is 0. The van der Waals surface area contributed by atoms with E-state index in [2.05, 4.69) is 15.2 Å². The molecule has 2 heterocycles. The third kappa shape index (κ3) is 3.15. The Bertz CT molecular complexity index is 672. The molecule has 2 aliphatic rings. The molecule has 2 fully saturated rings. The number of rotatable bonds is 5. The predicted octanol–water partition coefficient (Wildman–Crippen LogP) is 2.23. The maximum Gasteiger partial charge on any atom is 0.254 e. The second-order valence-corrected chi connectivity index (χ2v) is 6.50. The quantitative estimate of drug-likeness (QED) is 0.921. The van der Waals surface area contributed by atoms with Crippen molar-refractivity contribution in [2.24, 2.45) is 0 Å². The molecule has 1 aliphatic heterocycles. The number of nitrogens with zero attached hydrogens (tertiary/aromatic N) is 3. The van der Waals surface area contributed by atoms with Crippen LogP contribution >= 0.6 is 0 Å². The van der Waals surface area contributed by atoms with Crippen LogP contribution in [0.15, 0.2) is 43.0 Å². The van der Waals surface area contributed by atoms with Gasteiger partial charge >= 0.3 is 0 Å². The number of imidazole rings is 1. The lowest BCUT2D eigenvalue weighted by Gasteiger charge is -2.26. The number of carbonyl (C=O) groups is 1. The minimum absolute atomic E-state index is 0.156. The number of benzene rings is 1. The van der Waals surface area contributed by atoms with Gasteiger partial charge in [-0.15, -0.1) is 0 Å². The molecule has 5 heteroatoms. The van der Waals surface area contributed by atoms with Crippen molar-refractivity contribution in [3.8, 4) is 5.69 Å². The van der Waals surface area contributed by atoms with Crippen molar-refractivity contribution >= 4 is 5.91 Å². The molecule has 4 rings (SSSR count). The minimum Gasteiger partial charge on any atom is -0.334 e. The van der Waals surface area contributed by atoms with Crippen LogP contribution in [-0.4, -0.2) is 45.5 Å². The first kappa shape index (κ1) is 14.5. The van der Waals surface area contributed by atoms with E-state index in [1.54, 1.807) is 12.5 Å². The van der Waals surface area contributed by atoms with E-state index in [1.807, 2.05) is 35.0 Å². The average molecular weight is 310 g/mol. The Morgan fingerprint density at radius 2 is 2.26 bits per heavy atom. The summed E-state index contributed by atoms with van der Waals surface area (Å²) >= 11 is 0. The van der Waals surface area contributed by atoms with E-state index < -0.39 is 0 Å². The molecule has 1 saturated heterocycles. The summed E-state index contributed by atoms with van der Waals surface area (Å²) in [6, 6.07) is 8.71. The van der Waals surface area contributed by atoms with Gasteiger partial charge in [0, 0.05) is 42.3 Å². The molecule has 0 spiro atoms. The van der Waals surface area contributed by atoms with Crippen molar-refractivity contribution in [1.29, 1.82) is 0 Å². The van der Waals surface area contributed by atoms with E-state index in [0.29, 0.717) is 12.1 Å². The van der Waals surface area contributed by atoms with Gasteiger partial charge in [0.15, 0.2) is 0 Å². The van der Waals surface area contributed by atoms with Gasteiger partial charge in [0.25, 0.3) is 5.91 Å². The van der Waals surface area contributed by atoms with Crippen molar-refractivity contribution in [1.82, 2.24) is 19.8 Å². The van der Waals surface area contributed by atoms with E-state index in [9.17, 15) is 4.79 Å². The Labute approximate surface area is 136 Å². The van der Waals surface area contributed by atoms with Gasteiger partial charge in [-0.3, -0.25) is 4.79 Å². The zero-order chi connectivity index (χ0) is 15.6. The number of hydrogen-bond acceptors (Lipinski definition) is 3. The minimum atomic E-state index is 0.156. The van der Waals surface area contributed by atoms with Gasteiger partial charge in [-0.25, -0.2) is 4.98 Å². The lowest BCUT2D eigenvalue weighted by molar-refractivity contribution is 0.0728. The summed E-state index contributed by atoms with van der Waals surface area (Å²) in [5, 5.41) is 3.50. The molecule has 2 aromatic rings. The zero-order valence-electron chi connectivity index (χ0n) is 13.2. The van der Waals surface area contributed by atoms with Gasteiger partial charge in [-0.2, -0.15) is 0 Å². The monoisotopic (exact) mass is 310 g/mol. The standard InChI is InChI=1S/C18H22N4O/c23-18(22(16-6-7-16)12-15-4-2-8-20-15)14-3-1-5-17(11-14)21-10-9-19-13-21/h1,3,5,9-11,13,15-16,20H,2,4,6-8,12H2. The molecule has 23 heavy (non-hydrogen) atoms. The number of nitrogens with one attached hydrogen (secondary N) is 1. The van der Waals surface area contributed by atoms with Gasteiger partial charge in [0.1, 0.15) is 0 Å². The first-order chi connectivity index (χ1) is 11.3. The maximum absolute atomic E-state index is 13.0. The topological polar surface area (TPSA) is 50.2 Å². The van der Waals surface area contributed by atoms with E-state index in [0.717, 1.165) is 37.2 Å². The van der Waals surface area contributed by atoms with Gasteiger partial charge in [-0.1, -0.05) is 6.07 Å². The summed E-state index contributed by atoms with van der Waals surface area (Å²) in [6.07, 6.45) is 10.1. The molecule has 1 amide bonds. The van der Waals surface area contributed by atoms with Gasteiger partial charge in [0.2, 0.25) is 0 Å². The zero-order valence-corrected chi connectivity index (χ0v) is 13.2. The highest BCUT2D eigenvalue weighted by molar-refractivity contribution is 5.95. The summed E-state index contributed by atoms with van der Waals surface area (Å²) in [6.45, 7) is 1.91. The molecule has 5 nitrogen and oxygen atoms in total. The van der Waals surface area contributed by atoms with Crippen LogP contribution in [0.3, 0.4) is 0 Å². The van der Waals surface area contributed by atoms with Crippen LogP contribution in [0, 0.1) is 0 Å². The largest absolute Gasteiger partial charge is 0.334 e. The molecule has 1 N–H and O–H groups in total. The number of amides is 1. The SMILES string of the molecule is O=C(c1cccc(-n2ccnc2)c1)N(CC1CCCN1)C1CC1. The van der Waals surface area contributed by atoms with Crippen molar-refractivity contribution in [3.05, 3.63) is 48.5 Å². The Hall–Kier alpha value is -2.14. The molecular formula is C18H22N4O. The second kappa shape index (κ2) is 6.16. The van der Waals surface area contributed by atoms with Gasteiger partial charge in [-0.05, 0) is 50.4 Å². The molecule has 1 aliphatic carbocycles. The van der Waals surface area contributed by atoms with E-state index in [1.165, 1.54) is 12.8 Å². The lowest BCUT2D eigenvalue weighted by atomic mass is 10.1. The number of aromatic nitrogens is 2. The van der Waals surface area contributed by atoms with Gasteiger partial charge in [0.05, 0.1) is 6.33 Å². The highest BCUT2D eigenvalue weighted by atomic mass is 16.2. The van der Waals surface area contributed by atoms with E-state index in [-0.39, 0.29) is 5.91 Å². The second-order valence-electron chi connectivity index (χ2n) is 6.50. The van der Waals surface area contributed by atoms with Crippen LogP contribution in [0.2, 0.25) is 0 Å². The highest BCUT2D eigenvalue weighted by Crippen LogP contribution is 2.29. The summed E-state index contributed by atoms with van der Waals surface area (Å²) in [4.78, 5) is 19.2. The first-order valence-electron chi connectivity index (χ1n) is 8.44. The molecule has 0 radical (unpaired) electrons. The van der Waals surface area contributed by atoms with Crippen molar-refractivity contribution in [2.45, 2.75) is 37.8 Å². The summed E-state index contributed by atoms with van der Waals surface area (Å²) in [5.74, 6) is 0.156. The van der Waals surface area contributed by atoms with Crippen molar-refractivity contribution in [2.75, 3.05) is 13.1 Å². The van der Waals surface area contributed by atoms with Gasteiger partial charge < -0.3 is 14.8 Å².